The Kier molecular flexibility index (Phi) is 36.0. The van der Waals surface area contributed by atoms with Crippen LogP contribution in [-0.2, 0) is 19.1 Å². The number of rotatable bonds is 35. The Morgan fingerprint density at radius 2 is 0.935 bits per heavy atom. The first-order valence-corrected chi connectivity index (χ1v) is 19.5. The van der Waals surface area contributed by atoms with E-state index in [1.807, 2.05) is 0 Å². The summed E-state index contributed by atoms with van der Waals surface area (Å²) in [5.41, 5.74) is 0. The highest BCUT2D eigenvalue weighted by molar-refractivity contribution is 5.70. The highest BCUT2D eigenvalue weighted by Crippen LogP contribution is 2.15. The fourth-order valence-electron chi connectivity index (χ4n) is 5.51. The van der Waals surface area contributed by atoms with E-state index < -0.39 is 6.10 Å². The van der Waals surface area contributed by atoms with Gasteiger partial charge in [-0.05, 0) is 44.9 Å². The molecule has 0 aliphatic carbocycles. The Labute approximate surface area is 285 Å². The van der Waals surface area contributed by atoms with Crippen LogP contribution in [0.25, 0.3) is 0 Å². The summed E-state index contributed by atoms with van der Waals surface area (Å²) >= 11 is 0. The van der Waals surface area contributed by atoms with Crippen LogP contribution in [0.2, 0.25) is 0 Å². The summed E-state index contributed by atoms with van der Waals surface area (Å²) in [5, 5.41) is 9.54. The quantitative estimate of drug-likeness (QED) is 0.0421. The number of allylic oxidation sites excluding steroid dienone is 6. The number of aliphatic hydroxyl groups excluding tert-OH is 1. The largest absolute Gasteiger partial charge is 0.462 e. The second-order valence-corrected chi connectivity index (χ2v) is 13.0. The first kappa shape index (κ1) is 44.1. The summed E-state index contributed by atoms with van der Waals surface area (Å²) in [6.45, 7) is 4.02. The number of ether oxygens (including phenoxy) is 2. The zero-order chi connectivity index (χ0) is 33.6. The Morgan fingerprint density at radius 3 is 1.41 bits per heavy atom. The molecule has 0 aromatic carbocycles. The monoisotopic (exact) mass is 647 g/mol. The summed E-state index contributed by atoms with van der Waals surface area (Å²) < 4.78 is 10.6. The van der Waals surface area contributed by atoms with Crippen LogP contribution in [0, 0.1) is 0 Å². The van der Waals surface area contributed by atoms with E-state index in [1.165, 1.54) is 96.3 Å². The molecule has 1 atom stereocenters. The number of hydrogen-bond acceptors (Lipinski definition) is 5. The van der Waals surface area contributed by atoms with Gasteiger partial charge in [-0.2, -0.15) is 0 Å². The molecule has 0 saturated heterocycles. The number of hydrogen-bond donors (Lipinski definition) is 1. The van der Waals surface area contributed by atoms with Crippen molar-refractivity contribution in [3.63, 3.8) is 0 Å². The maximum atomic E-state index is 12.1. The summed E-state index contributed by atoms with van der Waals surface area (Å²) in [7, 11) is 0. The van der Waals surface area contributed by atoms with E-state index >= 15 is 0 Å². The van der Waals surface area contributed by atoms with E-state index in [4.69, 9.17) is 9.47 Å². The Morgan fingerprint density at radius 1 is 0.522 bits per heavy atom. The van der Waals surface area contributed by atoms with Crippen LogP contribution >= 0.6 is 0 Å². The van der Waals surface area contributed by atoms with E-state index in [0.29, 0.717) is 12.8 Å². The molecule has 0 aliphatic rings. The molecule has 0 aromatic rings. The van der Waals surface area contributed by atoms with E-state index in [1.54, 1.807) is 0 Å². The van der Waals surface area contributed by atoms with Gasteiger partial charge in [0.1, 0.15) is 6.61 Å². The number of unbranched alkanes of at least 4 members (excludes halogenated alkanes) is 21. The van der Waals surface area contributed by atoms with Crippen LogP contribution in [0.15, 0.2) is 36.5 Å². The van der Waals surface area contributed by atoms with Crippen molar-refractivity contribution >= 4 is 11.9 Å². The smallest absolute Gasteiger partial charge is 0.306 e. The number of aliphatic hydroxyl groups is 1. The van der Waals surface area contributed by atoms with Gasteiger partial charge >= 0.3 is 11.9 Å². The molecule has 0 radical (unpaired) electrons. The van der Waals surface area contributed by atoms with Gasteiger partial charge in [0.05, 0.1) is 6.61 Å². The maximum absolute atomic E-state index is 12.1. The predicted octanol–water partition coefficient (Wildman–Crippen LogP) is 12.1. The van der Waals surface area contributed by atoms with Gasteiger partial charge in [-0.25, -0.2) is 0 Å². The number of carbonyl (C=O) groups is 2. The van der Waals surface area contributed by atoms with Crippen molar-refractivity contribution in [2.45, 2.75) is 200 Å². The molecule has 268 valence electrons. The molecule has 0 spiro atoms. The summed E-state index contributed by atoms with van der Waals surface area (Å²) in [6, 6.07) is 0. The highest BCUT2D eigenvalue weighted by Gasteiger charge is 2.16. The van der Waals surface area contributed by atoms with Crippen LogP contribution in [0.4, 0.5) is 0 Å². The van der Waals surface area contributed by atoms with Crippen LogP contribution in [-0.4, -0.2) is 36.4 Å². The molecule has 46 heavy (non-hydrogen) atoms. The third-order valence-electron chi connectivity index (χ3n) is 8.45. The third-order valence-corrected chi connectivity index (χ3v) is 8.45. The van der Waals surface area contributed by atoms with Gasteiger partial charge in [-0.3, -0.25) is 9.59 Å². The molecular weight excluding hydrogens is 572 g/mol. The van der Waals surface area contributed by atoms with Crippen LogP contribution in [0.3, 0.4) is 0 Å². The van der Waals surface area contributed by atoms with Crippen molar-refractivity contribution in [3.8, 4) is 0 Å². The molecule has 0 rings (SSSR count). The minimum absolute atomic E-state index is 0.0702. The van der Waals surface area contributed by atoms with Crippen LogP contribution in [0.5, 0.6) is 0 Å². The van der Waals surface area contributed by atoms with Gasteiger partial charge in [0.2, 0.25) is 0 Å². The second-order valence-electron chi connectivity index (χ2n) is 13.0. The highest BCUT2D eigenvalue weighted by atomic mass is 16.6. The summed E-state index contributed by atoms with van der Waals surface area (Å²) in [6.07, 6.45) is 44.9. The standard InChI is InChI=1S/C41H74O5/c1-3-5-7-9-11-13-15-17-19-20-22-23-25-27-29-31-33-35-40(43)45-38-39(37-42)46-41(44)36-34-32-30-28-26-24-21-18-16-14-12-10-8-6-4-2/h6,8,12,14,18,21,39,42H,3-5,7,9-11,13,15-17,19-20,22-38H2,1-2H3/b8-6-,14-12-,21-18-/t39-/m0/s1. The zero-order valence-corrected chi connectivity index (χ0v) is 30.3. The molecule has 0 heterocycles. The average molecular weight is 647 g/mol. The first-order chi connectivity index (χ1) is 22.6. The average Bonchev–Trinajstić information content (AvgIpc) is 3.06. The SMILES string of the molecule is CC/C=C\C/C=C\C/C=C\CCCCCCCC(=O)O[C@@H](CO)COC(=O)CCCCCCCCCCCCCCCCCCC. The van der Waals surface area contributed by atoms with Gasteiger partial charge in [0, 0.05) is 12.8 Å². The fraction of sp³-hybridized carbons (Fsp3) is 0.805. The van der Waals surface area contributed by atoms with Gasteiger partial charge in [-0.1, -0.05) is 172 Å². The predicted molar refractivity (Wildman–Crippen MR) is 196 cm³/mol. The number of esters is 2. The molecule has 0 saturated carbocycles. The molecule has 5 nitrogen and oxygen atoms in total. The maximum Gasteiger partial charge on any atom is 0.306 e. The van der Waals surface area contributed by atoms with Crippen LogP contribution < -0.4 is 0 Å². The van der Waals surface area contributed by atoms with Crippen molar-refractivity contribution in [3.05, 3.63) is 36.5 Å². The van der Waals surface area contributed by atoms with Gasteiger partial charge < -0.3 is 14.6 Å². The molecule has 1 N–H and O–H groups in total. The summed E-state index contributed by atoms with van der Waals surface area (Å²) in [4.78, 5) is 24.2. The minimum Gasteiger partial charge on any atom is -0.462 e. The topological polar surface area (TPSA) is 72.8 Å². The van der Waals surface area contributed by atoms with Gasteiger partial charge in [0.15, 0.2) is 6.10 Å². The Bertz CT molecular complexity index is 741. The van der Waals surface area contributed by atoms with E-state index in [9.17, 15) is 14.7 Å². The van der Waals surface area contributed by atoms with Gasteiger partial charge in [0.25, 0.3) is 0 Å². The molecule has 0 unspecified atom stereocenters. The van der Waals surface area contributed by atoms with E-state index in [0.717, 1.165) is 70.6 Å². The molecular formula is C41H74O5. The lowest BCUT2D eigenvalue weighted by Crippen LogP contribution is -2.28. The molecule has 0 aromatic heterocycles. The van der Waals surface area contributed by atoms with Gasteiger partial charge in [-0.15, -0.1) is 0 Å². The lowest BCUT2D eigenvalue weighted by Gasteiger charge is -2.15. The normalized spacial score (nSPS) is 12.5. The molecule has 5 heteroatoms. The molecule has 0 aliphatic heterocycles. The Hall–Kier alpha value is -1.88. The van der Waals surface area contributed by atoms with Crippen molar-refractivity contribution in [2.24, 2.45) is 0 Å². The lowest BCUT2D eigenvalue weighted by molar-refractivity contribution is -0.161. The zero-order valence-electron chi connectivity index (χ0n) is 30.3. The molecule has 0 fully saturated rings. The van der Waals surface area contributed by atoms with E-state index in [-0.39, 0.29) is 25.2 Å². The number of carbonyl (C=O) groups excluding carboxylic acids is 2. The second kappa shape index (κ2) is 37.6. The molecule has 0 bridgehead atoms. The third kappa shape index (κ3) is 35.0. The fourth-order valence-corrected chi connectivity index (χ4v) is 5.51. The van der Waals surface area contributed by atoms with Crippen molar-refractivity contribution in [1.82, 2.24) is 0 Å². The minimum atomic E-state index is -0.776. The molecule has 0 amide bonds. The van der Waals surface area contributed by atoms with Crippen LogP contribution in [0.1, 0.15) is 194 Å². The van der Waals surface area contributed by atoms with Crippen molar-refractivity contribution < 1.29 is 24.2 Å². The van der Waals surface area contributed by atoms with E-state index in [2.05, 4.69) is 50.3 Å². The first-order valence-electron chi connectivity index (χ1n) is 19.5. The van der Waals surface area contributed by atoms with Crippen molar-refractivity contribution in [2.75, 3.05) is 13.2 Å². The lowest BCUT2D eigenvalue weighted by atomic mass is 10.0. The van der Waals surface area contributed by atoms with Crippen molar-refractivity contribution in [1.29, 1.82) is 0 Å². The Balaban J connectivity index is 3.55. The summed E-state index contributed by atoms with van der Waals surface area (Å²) in [5.74, 6) is -0.606.